The molecule has 0 N–H and O–H groups in total. The Kier molecular flexibility index (Phi) is 5.28. The van der Waals surface area contributed by atoms with Crippen molar-refractivity contribution in [2.75, 3.05) is 26.2 Å². The van der Waals surface area contributed by atoms with Crippen molar-refractivity contribution in [3.63, 3.8) is 0 Å². The Morgan fingerprint density at radius 1 is 1.08 bits per heavy atom. The fourth-order valence-corrected chi connectivity index (χ4v) is 3.39. The monoisotopic (exact) mass is 340 g/mol. The average Bonchev–Trinajstić information content (AvgIpc) is 2.94. The van der Waals surface area contributed by atoms with Gasteiger partial charge in [0.25, 0.3) is 5.91 Å². The number of carbonyl (C=O) groups is 1. The minimum absolute atomic E-state index is 0.0929. The molecule has 1 aliphatic rings. The van der Waals surface area contributed by atoms with E-state index in [0.29, 0.717) is 11.5 Å². The molecule has 3 rings (SSSR count). The zero-order valence-electron chi connectivity index (χ0n) is 15.7. The molecule has 1 aliphatic heterocycles. The van der Waals surface area contributed by atoms with E-state index < -0.39 is 0 Å². The van der Waals surface area contributed by atoms with Gasteiger partial charge in [0.05, 0.1) is 5.56 Å². The molecule has 4 heteroatoms. The third-order valence-electron chi connectivity index (χ3n) is 4.98. The Hall–Kier alpha value is -2.07. The lowest BCUT2D eigenvalue weighted by molar-refractivity contribution is 0.0627. The lowest BCUT2D eigenvalue weighted by Crippen LogP contribution is -2.48. The summed E-state index contributed by atoms with van der Waals surface area (Å²) in [5.74, 6) is 2.17. The van der Waals surface area contributed by atoms with Gasteiger partial charge in [0, 0.05) is 32.7 Å². The van der Waals surface area contributed by atoms with Crippen LogP contribution in [0.15, 0.2) is 34.7 Å². The predicted molar refractivity (Wildman–Crippen MR) is 99.9 cm³/mol. The van der Waals surface area contributed by atoms with Gasteiger partial charge in [-0.05, 0) is 37.0 Å². The maximum Gasteiger partial charge on any atom is 0.257 e. The van der Waals surface area contributed by atoms with E-state index in [-0.39, 0.29) is 5.91 Å². The Balaban J connectivity index is 1.55. The Labute approximate surface area is 150 Å². The predicted octanol–water partition coefficient (Wildman–Crippen LogP) is 3.98. The van der Waals surface area contributed by atoms with Gasteiger partial charge >= 0.3 is 0 Å². The number of piperazine rings is 1. The highest BCUT2D eigenvalue weighted by molar-refractivity contribution is 5.95. The van der Waals surface area contributed by atoms with Crippen molar-refractivity contribution >= 4 is 5.91 Å². The molecule has 134 valence electrons. The fourth-order valence-electron chi connectivity index (χ4n) is 3.39. The number of hydrogen-bond acceptors (Lipinski definition) is 3. The van der Waals surface area contributed by atoms with Crippen molar-refractivity contribution in [2.24, 2.45) is 0 Å². The van der Waals surface area contributed by atoms with Gasteiger partial charge < -0.3 is 9.32 Å². The highest BCUT2D eigenvalue weighted by atomic mass is 16.3. The first kappa shape index (κ1) is 17.7. The lowest BCUT2D eigenvalue weighted by Gasteiger charge is -2.34. The molecule has 0 bridgehead atoms. The van der Waals surface area contributed by atoms with Crippen LogP contribution in [-0.4, -0.2) is 41.9 Å². The van der Waals surface area contributed by atoms with Crippen molar-refractivity contribution < 1.29 is 9.21 Å². The average molecular weight is 340 g/mol. The molecule has 0 saturated carbocycles. The third-order valence-corrected chi connectivity index (χ3v) is 4.98. The minimum atomic E-state index is 0.0929. The van der Waals surface area contributed by atoms with Crippen LogP contribution in [0.3, 0.4) is 0 Å². The molecule has 2 aromatic rings. The highest BCUT2D eigenvalue weighted by Gasteiger charge is 2.24. The van der Waals surface area contributed by atoms with Crippen LogP contribution >= 0.6 is 0 Å². The van der Waals surface area contributed by atoms with E-state index in [1.807, 2.05) is 24.8 Å². The van der Waals surface area contributed by atoms with E-state index in [2.05, 4.69) is 43.0 Å². The van der Waals surface area contributed by atoms with E-state index in [1.165, 1.54) is 11.1 Å². The molecule has 0 spiro atoms. The van der Waals surface area contributed by atoms with Crippen LogP contribution in [-0.2, 0) is 6.54 Å². The molecule has 1 saturated heterocycles. The van der Waals surface area contributed by atoms with Crippen LogP contribution in [0.2, 0.25) is 0 Å². The second-order valence-electron chi connectivity index (χ2n) is 7.29. The molecule has 4 nitrogen and oxygen atoms in total. The van der Waals surface area contributed by atoms with Crippen LogP contribution < -0.4 is 0 Å². The molecule has 1 amide bonds. The topological polar surface area (TPSA) is 36.7 Å². The molecule has 2 heterocycles. The smallest absolute Gasteiger partial charge is 0.257 e. The zero-order valence-corrected chi connectivity index (χ0v) is 15.7. The zero-order chi connectivity index (χ0) is 18.0. The van der Waals surface area contributed by atoms with E-state index >= 15 is 0 Å². The van der Waals surface area contributed by atoms with Crippen LogP contribution in [0.1, 0.15) is 52.8 Å². The van der Waals surface area contributed by atoms with Crippen molar-refractivity contribution in [2.45, 2.75) is 40.2 Å². The van der Waals surface area contributed by atoms with Crippen molar-refractivity contribution in [1.82, 2.24) is 9.80 Å². The Morgan fingerprint density at radius 2 is 1.72 bits per heavy atom. The first-order chi connectivity index (χ1) is 11.9. The van der Waals surface area contributed by atoms with Gasteiger partial charge in [-0.25, -0.2) is 0 Å². The van der Waals surface area contributed by atoms with Crippen LogP contribution in [0, 0.1) is 13.8 Å². The number of hydrogen-bond donors (Lipinski definition) is 0. The molecular weight excluding hydrogens is 312 g/mol. The Morgan fingerprint density at radius 3 is 2.24 bits per heavy atom. The summed E-state index contributed by atoms with van der Waals surface area (Å²) in [6.45, 7) is 12.5. The van der Waals surface area contributed by atoms with Gasteiger partial charge in [-0.3, -0.25) is 9.69 Å². The van der Waals surface area contributed by atoms with Crippen LogP contribution in [0.4, 0.5) is 0 Å². The van der Waals surface area contributed by atoms with Gasteiger partial charge in [0.1, 0.15) is 11.5 Å². The third kappa shape index (κ3) is 4.13. The second kappa shape index (κ2) is 7.44. The summed E-state index contributed by atoms with van der Waals surface area (Å²) in [7, 11) is 0. The quantitative estimate of drug-likeness (QED) is 0.845. The second-order valence-corrected chi connectivity index (χ2v) is 7.29. The molecule has 1 fully saturated rings. The van der Waals surface area contributed by atoms with E-state index in [0.717, 1.165) is 44.2 Å². The molecule has 0 radical (unpaired) electrons. The molecule has 0 atom stereocenters. The molecular formula is C21H28N2O2. The molecule has 0 aliphatic carbocycles. The first-order valence-electron chi connectivity index (χ1n) is 9.11. The van der Waals surface area contributed by atoms with E-state index in [4.69, 9.17) is 4.42 Å². The van der Waals surface area contributed by atoms with E-state index in [1.54, 1.807) is 0 Å². The van der Waals surface area contributed by atoms with Gasteiger partial charge in [-0.2, -0.15) is 0 Å². The summed E-state index contributed by atoms with van der Waals surface area (Å²) >= 11 is 0. The van der Waals surface area contributed by atoms with Crippen molar-refractivity contribution in [1.29, 1.82) is 0 Å². The van der Waals surface area contributed by atoms with Crippen LogP contribution in [0.5, 0.6) is 0 Å². The van der Waals surface area contributed by atoms with Crippen LogP contribution in [0.25, 0.3) is 0 Å². The normalized spacial score (nSPS) is 15.8. The van der Waals surface area contributed by atoms with Gasteiger partial charge in [0.2, 0.25) is 0 Å². The summed E-state index contributed by atoms with van der Waals surface area (Å²) in [5, 5.41) is 0. The molecule has 25 heavy (non-hydrogen) atoms. The number of carbonyl (C=O) groups excluding carboxylic acids is 1. The number of furan rings is 1. The summed E-state index contributed by atoms with van der Waals surface area (Å²) in [6, 6.07) is 10.8. The van der Waals surface area contributed by atoms with Crippen molar-refractivity contribution in [3.05, 3.63) is 58.5 Å². The molecule has 0 unspecified atom stereocenters. The maximum absolute atomic E-state index is 12.6. The minimum Gasteiger partial charge on any atom is -0.466 e. The molecule has 1 aromatic heterocycles. The fraction of sp³-hybridized carbons (Fsp3) is 0.476. The Bertz CT molecular complexity index is 723. The SMILES string of the molecule is Cc1cc(C(=O)N2CCN(Cc3ccc(C(C)C)cc3)CC2)c(C)o1. The maximum atomic E-state index is 12.6. The number of nitrogens with zero attached hydrogens (tertiary/aromatic N) is 2. The first-order valence-corrected chi connectivity index (χ1v) is 9.11. The highest BCUT2D eigenvalue weighted by Crippen LogP contribution is 2.19. The standard InChI is InChI=1S/C21H28N2O2/c1-15(2)19-7-5-18(6-8-19)14-22-9-11-23(12-10-22)21(24)20-13-16(3)25-17(20)4/h5-8,13,15H,9-12,14H2,1-4H3. The summed E-state index contributed by atoms with van der Waals surface area (Å²) in [4.78, 5) is 17.0. The van der Waals surface area contributed by atoms with Gasteiger partial charge in [-0.15, -0.1) is 0 Å². The van der Waals surface area contributed by atoms with Crippen molar-refractivity contribution in [3.8, 4) is 0 Å². The number of benzene rings is 1. The lowest BCUT2D eigenvalue weighted by atomic mass is 10.0. The number of aryl methyl sites for hydroxylation is 2. The largest absolute Gasteiger partial charge is 0.466 e. The summed E-state index contributed by atoms with van der Waals surface area (Å²) < 4.78 is 5.50. The molecule has 1 aromatic carbocycles. The summed E-state index contributed by atoms with van der Waals surface area (Å²) in [6.07, 6.45) is 0. The summed E-state index contributed by atoms with van der Waals surface area (Å²) in [5.41, 5.74) is 3.42. The number of amides is 1. The van der Waals surface area contributed by atoms with Gasteiger partial charge in [-0.1, -0.05) is 38.1 Å². The van der Waals surface area contributed by atoms with Gasteiger partial charge in [0.15, 0.2) is 0 Å². The number of rotatable bonds is 4. The van der Waals surface area contributed by atoms with E-state index in [9.17, 15) is 4.79 Å².